The van der Waals surface area contributed by atoms with Gasteiger partial charge in [-0.25, -0.2) is 4.98 Å². The van der Waals surface area contributed by atoms with E-state index < -0.39 is 0 Å². The molecule has 0 aliphatic carbocycles. The standard InChI is InChI=1S/C27H22ClN5O3/c1-16-5-3-4-6-20(16)25-31-27(36-32-25)22-14-33(26-21(24(22)35)12-7-17(2)30-26)15-23(34)29-13-18-8-10-19(28)11-9-18/h3-12,14H,13,15H2,1-2H3,(H,29,34). The zero-order valence-corrected chi connectivity index (χ0v) is 20.4. The average Bonchev–Trinajstić information content (AvgIpc) is 3.35. The van der Waals surface area contributed by atoms with Crippen LogP contribution in [0.5, 0.6) is 0 Å². The molecule has 0 radical (unpaired) electrons. The summed E-state index contributed by atoms with van der Waals surface area (Å²) in [7, 11) is 0. The van der Waals surface area contributed by atoms with Gasteiger partial charge in [0.15, 0.2) is 0 Å². The summed E-state index contributed by atoms with van der Waals surface area (Å²) in [6, 6.07) is 18.3. The molecule has 0 spiro atoms. The Kier molecular flexibility index (Phi) is 6.35. The van der Waals surface area contributed by atoms with Gasteiger partial charge in [-0.05, 0) is 49.2 Å². The summed E-state index contributed by atoms with van der Waals surface area (Å²) in [5, 5.41) is 7.96. The summed E-state index contributed by atoms with van der Waals surface area (Å²) in [4.78, 5) is 35.2. The number of carbonyl (C=O) groups excluding carboxylic acids is 1. The fourth-order valence-corrected chi connectivity index (χ4v) is 4.04. The first-order valence-corrected chi connectivity index (χ1v) is 11.7. The number of nitrogens with one attached hydrogen (secondary N) is 1. The number of aromatic nitrogens is 4. The van der Waals surface area contributed by atoms with Gasteiger partial charge in [-0.1, -0.05) is 53.2 Å². The van der Waals surface area contributed by atoms with Crippen LogP contribution in [-0.2, 0) is 17.9 Å². The Morgan fingerprint density at radius 1 is 1.00 bits per heavy atom. The number of benzene rings is 2. The molecule has 0 saturated carbocycles. The van der Waals surface area contributed by atoms with Gasteiger partial charge in [-0.3, -0.25) is 9.59 Å². The normalized spacial score (nSPS) is 11.1. The van der Waals surface area contributed by atoms with E-state index in [1.165, 1.54) is 0 Å². The van der Waals surface area contributed by atoms with Crippen LogP contribution in [0, 0.1) is 13.8 Å². The van der Waals surface area contributed by atoms with E-state index >= 15 is 0 Å². The van der Waals surface area contributed by atoms with Crippen molar-refractivity contribution in [2.75, 3.05) is 0 Å². The van der Waals surface area contributed by atoms with Crippen LogP contribution in [0.3, 0.4) is 0 Å². The smallest absolute Gasteiger partial charge is 0.263 e. The molecule has 5 rings (SSSR count). The number of pyridine rings is 2. The van der Waals surface area contributed by atoms with Crippen molar-refractivity contribution in [3.8, 4) is 22.8 Å². The Morgan fingerprint density at radius 3 is 2.56 bits per heavy atom. The maximum absolute atomic E-state index is 13.3. The molecule has 0 atom stereocenters. The number of hydrogen-bond donors (Lipinski definition) is 1. The Bertz CT molecular complexity index is 1640. The molecule has 0 aliphatic rings. The molecule has 0 aliphatic heterocycles. The molecule has 9 heteroatoms. The Morgan fingerprint density at radius 2 is 1.78 bits per heavy atom. The second-order valence-electron chi connectivity index (χ2n) is 8.46. The number of aryl methyl sites for hydroxylation is 2. The van der Waals surface area contributed by atoms with Gasteiger partial charge in [0.25, 0.3) is 5.89 Å². The van der Waals surface area contributed by atoms with Crippen molar-refractivity contribution in [3.05, 3.63) is 98.9 Å². The van der Waals surface area contributed by atoms with Crippen molar-refractivity contribution in [1.82, 2.24) is 25.0 Å². The molecule has 0 fully saturated rings. The quantitative estimate of drug-likeness (QED) is 0.363. The summed E-state index contributed by atoms with van der Waals surface area (Å²) < 4.78 is 7.12. The van der Waals surface area contributed by atoms with E-state index in [4.69, 9.17) is 16.1 Å². The molecule has 3 heterocycles. The van der Waals surface area contributed by atoms with Crippen LogP contribution in [0.25, 0.3) is 33.9 Å². The minimum atomic E-state index is -0.296. The molecular formula is C27H22ClN5O3. The molecule has 0 bridgehead atoms. The van der Waals surface area contributed by atoms with Crippen LogP contribution in [0.1, 0.15) is 16.8 Å². The molecule has 1 amide bonds. The zero-order valence-electron chi connectivity index (χ0n) is 19.7. The maximum Gasteiger partial charge on any atom is 0.263 e. The predicted octanol–water partition coefficient (Wildman–Crippen LogP) is 4.70. The van der Waals surface area contributed by atoms with Crippen LogP contribution in [0.4, 0.5) is 0 Å². The molecule has 5 aromatic rings. The van der Waals surface area contributed by atoms with Crippen molar-refractivity contribution in [3.63, 3.8) is 0 Å². The van der Waals surface area contributed by atoms with Crippen LogP contribution < -0.4 is 10.7 Å². The lowest BCUT2D eigenvalue weighted by atomic mass is 10.1. The summed E-state index contributed by atoms with van der Waals surface area (Å²) in [5.74, 6) is 0.225. The number of rotatable bonds is 6. The molecule has 8 nitrogen and oxygen atoms in total. The first kappa shape index (κ1) is 23.4. The van der Waals surface area contributed by atoms with Gasteiger partial charge in [0.2, 0.25) is 17.2 Å². The predicted molar refractivity (Wildman–Crippen MR) is 138 cm³/mol. The summed E-state index contributed by atoms with van der Waals surface area (Å²) in [5.41, 5.74) is 3.75. The van der Waals surface area contributed by atoms with Crippen molar-refractivity contribution >= 4 is 28.5 Å². The van der Waals surface area contributed by atoms with Crippen LogP contribution in [0.15, 0.2) is 76.2 Å². The summed E-state index contributed by atoms with van der Waals surface area (Å²) in [6.45, 7) is 4.07. The van der Waals surface area contributed by atoms with E-state index in [9.17, 15) is 9.59 Å². The average molecular weight is 500 g/mol. The highest BCUT2D eigenvalue weighted by Crippen LogP contribution is 2.24. The van der Waals surface area contributed by atoms with Gasteiger partial charge in [-0.2, -0.15) is 4.98 Å². The van der Waals surface area contributed by atoms with Gasteiger partial charge < -0.3 is 14.4 Å². The third kappa shape index (κ3) is 4.76. The van der Waals surface area contributed by atoms with Crippen LogP contribution in [-0.4, -0.2) is 25.6 Å². The highest BCUT2D eigenvalue weighted by Gasteiger charge is 2.19. The molecule has 0 unspecified atom stereocenters. The second kappa shape index (κ2) is 9.75. The lowest BCUT2D eigenvalue weighted by Gasteiger charge is -2.12. The Balaban J connectivity index is 1.50. The lowest BCUT2D eigenvalue weighted by Crippen LogP contribution is -2.28. The van der Waals surface area contributed by atoms with E-state index in [2.05, 4.69) is 20.4 Å². The van der Waals surface area contributed by atoms with Crippen molar-refractivity contribution in [2.45, 2.75) is 26.9 Å². The van der Waals surface area contributed by atoms with E-state index in [-0.39, 0.29) is 29.3 Å². The number of carbonyl (C=O) groups is 1. The molecule has 3 aromatic heterocycles. The summed E-state index contributed by atoms with van der Waals surface area (Å²) >= 11 is 5.93. The molecule has 36 heavy (non-hydrogen) atoms. The van der Waals surface area contributed by atoms with E-state index in [1.807, 2.05) is 50.2 Å². The molecule has 2 aromatic carbocycles. The Hall–Kier alpha value is -4.30. The lowest BCUT2D eigenvalue weighted by molar-refractivity contribution is -0.121. The van der Waals surface area contributed by atoms with Gasteiger partial charge in [0.1, 0.15) is 17.8 Å². The van der Waals surface area contributed by atoms with Crippen molar-refractivity contribution in [1.29, 1.82) is 0 Å². The van der Waals surface area contributed by atoms with Gasteiger partial charge in [-0.15, -0.1) is 0 Å². The second-order valence-corrected chi connectivity index (χ2v) is 8.90. The third-order valence-corrected chi connectivity index (χ3v) is 6.07. The molecule has 1 N–H and O–H groups in total. The number of amides is 1. The van der Waals surface area contributed by atoms with Crippen LogP contribution in [0.2, 0.25) is 5.02 Å². The monoisotopic (exact) mass is 499 g/mol. The van der Waals surface area contributed by atoms with Gasteiger partial charge in [0.05, 0.1) is 5.39 Å². The molecule has 0 saturated heterocycles. The number of hydrogen-bond acceptors (Lipinski definition) is 6. The van der Waals surface area contributed by atoms with E-state index in [0.717, 1.165) is 22.4 Å². The maximum atomic E-state index is 13.3. The first-order chi connectivity index (χ1) is 17.4. The highest BCUT2D eigenvalue weighted by atomic mass is 35.5. The topological polar surface area (TPSA) is 103 Å². The van der Waals surface area contributed by atoms with Gasteiger partial charge >= 0.3 is 0 Å². The van der Waals surface area contributed by atoms with Crippen molar-refractivity contribution in [2.24, 2.45) is 0 Å². The molecule has 180 valence electrons. The zero-order chi connectivity index (χ0) is 25.2. The molecular weight excluding hydrogens is 478 g/mol. The largest absolute Gasteiger partial charge is 0.350 e. The first-order valence-electron chi connectivity index (χ1n) is 11.3. The minimum Gasteiger partial charge on any atom is -0.350 e. The fourth-order valence-electron chi connectivity index (χ4n) is 3.91. The number of halogens is 1. The Labute approximate surface area is 211 Å². The van der Waals surface area contributed by atoms with E-state index in [0.29, 0.717) is 28.4 Å². The third-order valence-electron chi connectivity index (χ3n) is 5.82. The highest BCUT2D eigenvalue weighted by molar-refractivity contribution is 6.30. The van der Waals surface area contributed by atoms with Crippen LogP contribution >= 0.6 is 11.6 Å². The fraction of sp³-hybridized carbons (Fsp3) is 0.148. The van der Waals surface area contributed by atoms with Gasteiger partial charge in [0, 0.05) is 29.0 Å². The minimum absolute atomic E-state index is 0.0490. The van der Waals surface area contributed by atoms with Crippen molar-refractivity contribution < 1.29 is 9.32 Å². The summed E-state index contributed by atoms with van der Waals surface area (Å²) in [6.07, 6.45) is 1.55. The SMILES string of the molecule is Cc1ccc2c(=O)c(-c3nc(-c4ccccc4C)no3)cn(CC(=O)NCc3ccc(Cl)cc3)c2n1. The number of nitrogens with zero attached hydrogens (tertiary/aromatic N) is 4. The number of fused-ring (bicyclic) bond motifs is 1. The van der Waals surface area contributed by atoms with E-state index in [1.54, 1.807) is 35.0 Å².